The highest BCUT2D eigenvalue weighted by Gasteiger charge is 2.26. The van der Waals surface area contributed by atoms with Crippen LogP contribution in [-0.2, 0) is 20.9 Å². The Bertz CT molecular complexity index is 498. The largest absolute Gasteiger partial charge is 0.481 e. The molecular formula is C20H28O4. The van der Waals surface area contributed by atoms with Gasteiger partial charge in [-0.1, -0.05) is 42.5 Å². The number of ether oxygens (including phenoxy) is 2. The SMILES string of the molecule is O=C(O)CCC/C=C\C[C@H]1COC[C@H]1CCOCc1ccccc1. The number of carboxylic acids is 1. The molecule has 1 saturated heterocycles. The average molecular weight is 332 g/mol. The summed E-state index contributed by atoms with van der Waals surface area (Å²) in [6.45, 7) is 3.08. The fourth-order valence-corrected chi connectivity index (χ4v) is 2.98. The van der Waals surface area contributed by atoms with Gasteiger partial charge in [-0.15, -0.1) is 0 Å². The number of carboxylic acid groups (broad SMARTS) is 1. The number of hydrogen-bond acceptors (Lipinski definition) is 3. The topological polar surface area (TPSA) is 55.8 Å². The van der Waals surface area contributed by atoms with Crippen molar-refractivity contribution in [3.63, 3.8) is 0 Å². The second-order valence-corrected chi connectivity index (χ2v) is 6.38. The van der Waals surface area contributed by atoms with Crippen molar-refractivity contribution in [2.45, 2.75) is 38.7 Å². The Hall–Kier alpha value is -1.65. The molecule has 1 aliphatic heterocycles. The Balaban J connectivity index is 1.58. The summed E-state index contributed by atoms with van der Waals surface area (Å²) in [5.41, 5.74) is 1.21. The van der Waals surface area contributed by atoms with E-state index in [4.69, 9.17) is 14.6 Å². The van der Waals surface area contributed by atoms with E-state index in [0.717, 1.165) is 39.1 Å². The van der Waals surface area contributed by atoms with E-state index in [1.165, 1.54) is 5.56 Å². The van der Waals surface area contributed by atoms with Crippen LogP contribution in [0.1, 0.15) is 37.7 Å². The van der Waals surface area contributed by atoms with Crippen molar-refractivity contribution in [3.05, 3.63) is 48.0 Å². The molecule has 2 atom stereocenters. The molecule has 0 bridgehead atoms. The number of benzene rings is 1. The molecule has 1 aliphatic rings. The summed E-state index contributed by atoms with van der Waals surface area (Å²) in [7, 11) is 0. The van der Waals surface area contributed by atoms with Crippen molar-refractivity contribution in [2.75, 3.05) is 19.8 Å². The van der Waals surface area contributed by atoms with E-state index in [1.54, 1.807) is 0 Å². The number of rotatable bonds is 11. The standard InChI is InChI=1S/C20H28O4/c21-20(22)11-7-2-1-6-10-18-15-24-16-19(18)12-13-23-14-17-8-4-3-5-9-17/h1,3-6,8-9,18-19H,2,7,10-16H2,(H,21,22)/b6-1-/t18-,19+/m0/s1. The zero-order valence-electron chi connectivity index (χ0n) is 14.2. The molecule has 0 saturated carbocycles. The normalized spacial score (nSPS) is 20.7. The minimum atomic E-state index is -0.719. The summed E-state index contributed by atoms with van der Waals surface area (Å²) >= 11 is 0. The lowest BCUT2D eigenvalue weighted by molar-refractivity contribution is -0.137. The maximum atomic E-state index is 10.4. The monoisotopic (exact) mass is 332 g/mol. The molecule has 0 spiro atoms. The van der Waals surface area contributed by atoms with E-state index in [9.17, 15) is 4.79 Å². The summed E-state index contributed by atoms with van der Waals surface area (Å²) in [4.78, 5) is 10.4. The zero-order valence-corrected chi connectivity index (χ0v) is 14.2. The number of hydrogen-bond donors (Lipinski definition) is 1. The second kappa shape index (κ2) is 11.0. The van der Waals surface area contributed by atoms with Crippen LogP contribution in [0.25, 0.3) is 0 Å². The lowest BCUT2D eigenvalue weighted by Crippen LogP contribution is -2.14. The van der Waals surface area contributed by atoms with Crippen LogP contribution in [0.3, 0.4) is 0 Å². The lowest BCUT2D eigenvalue weighted by atomic mass is 9.90. The molecule has 0 unspecified atom stereocenters. The van der Waals surface area contributed by atoms with Crippen molar-refractivity contribution in [3.8, 4) is 0 Å². The van der Waals surface area contributed by atoms with E-state index < -0.39 is 5.97 Å². The van der Waals surface area contributed by atoms with Crippen LogP contribution >= 0.6 is 0 Å². The Labute approximate surface area is 144 Å². The van der Waals surface area contributed by atoms with Gasteiger partial charge < -0.3 is 14.6 Å². The van der Waals surface area contributed by atoms with Gasteiger partial charge in [0.15, 0.2) is 0 Å². The fourth-order valence-electron chi connectivity index (χ4n) is 2.98. The van der Waals surface area contributed by atoms with Crippen molar-refractivity contribution in [1.29, 1.82) is 0 Å². The first kappa shape index (κ1) is 18.7. The molecule has 1 fully saturated rings. The van der Waals surface area contributed by atoms with Crippen LogP contribution in [0.15, 0.2) is 42.5 Å². The summed E-state index contributed by atoms with van der Waals surface area (Å²) in [5, 5.41) is 8.60. The lowest BCUT2D eigenvalue weighted by Gasteiger charge is -2.16. The van der Waals surface area contributed by atoms with E-state index in [0.29, 0.717) is 24.9 Å². The van der Waals surface area contributed by atoms with E-state index >= 15 is 0 Å². The quantitative estimate of drug-likeness (QED) is 0.490. The van der Waals surface area contributed by atoms with Gasteiger partial charge in [0.25, 0.3) is 0 Å². The van der Waals surface area contributed by atoms with Gasteiger partial charge >= 0.3 is 5.97 Å². The molecule has 132 valence electrons. The van der Waals surface area contributed by atoms with Crippen LogP contribution in [0, 0.1) is 11.8 Å². The van der Waals surface area contributed by atoms with Gasteiger partial charge in [0.1, 0.15) is 0 Å². The molecule has 0 amide bonds. The Kier molecular flexibility index (Phi) is 8.56. The minimum Gasteiger partial charge on any atom is -0.481 e. The molecule has 4 heteroatoms. The Morgan fingerprint density at radius 3 is 2.79 bits per heavy atom. The van der Waals surface area contributed by atoms with Gasteiger partial charge in [0.05, 0.1) is 13.2 Å². The fraction of sp³-hybridized carbons (Fsp3) is 0.550. The third-order valence-corrected chi connectivity index (χ3v) is 4.44. The summed E-state index contributed by atoms with van der Waals surface area (Å²) in [6.07, 6.45) is 8.12. The molecule has 0 radical (unpaired) electrons. The van der Waals surface area contributed by atoms with Crippen molar-refractivity contribution in [1.82, 2.24) is 0 Å². The molecule has 0 aliphatic carbocycles. The van der Waals surface area contributed by atoms with Gasteiger partial charge in [-0.05, 0) is 43.1 Å². The van der Waals surface area contributed by atoms with Crippen molar-refractivity contribution >= 4 is 5.97 Å². The van der Waals surface area contributed by atoms with Crippen molar-refractivity contribution in [2.24, 2.45) is 11.8 Å². The highest BCUT2D eigenvalue weighted by Crippen LogP contribution is 2.27. The van der Waals surface area contributed by atoms with Crippen molar-refractivity contribution < 1.29 is 19.4 Å². The first-order valence-corrected chi connectivity index (χ1v) is 8.82. The third kappa shape index (κ3) is 7.28. The third-order valence-electron chi connectivity index (χ3n) is 4.44. The van der Waals surface area contributed by atoms with Crippen LogP contribution in [0.4, 0.5) is 0 Å². The predicted molar refractivity (Wildman–Crippen MR) is 93.8 cm³/mol. The van der Waals surface area contributed by atoms with Crippen LogP contribution in [0.2, 0.25) is 0 Å². The number of aliphatic carboxylic acids is 1. The summed E-state index contributed by atoms with van der Waals surface area (Å²) < 4.78 is 11.4. The molecule has 4 nitrogen and oxygen atoms in total. The first-order valence-electron chi connectivity index (χ1n) is 8.82. The van der Waals surface area contributed by atoms with Gasteiger partial charge in [-0.2, -0.15) is 0 Å². The molecule has 1 N–H and O–H groups in total. The van der Waals surface area contributed by atoms with Gasteiger partial charge in [0.2, 0.25) is 0 Å². The molecule has 0 aromatic heterocycles. The Morgan fingerprint density at radius 1 is 1.21 bits per heavy atom. The number of allylic oxidation sites excluding steroid dienone is 2. The summed E-state index contributed by atoms with van der Waals surface area (Å²) in [6, 6.07) is 10.2. The highest BCUT2D eigenvalue weighted by molar-refractivity contribution is 5.66. The first-order chi connectivity index (χ1) is 11.8. The molecule has 24 heavy (non-hydrogen) atoms. The average Bonchev–Trinajstić information content (AvgIpc) is 3.03. The van der Waals surface area contributed by atoms with Gasteiger partial charge in [-0.25, -0.2) is 0 Å². The van der Waals surface area contributed by atoms with Crippen LogP contribution in [0.5, 0.6) is 0 Å². The second-order valence-electron chi connectivity index (χ2n) is 6.38. The Morgan fingerprint density at radius 2 is 2.00 bits per heavy atom. The van der Waals surface area contributed by atoms with E-state index in [1.807, 2.05) is 18.2 Å². The van der Waals surface area contributed by atoms with Gasteiger partial charge in [0, 0.05) is 19.6 Å². The smallest absolute Gasteiger partial charge is 0.303 e. The van der Waals surface area contributed by atoms with Crippen LogP contribution < -0.4 is 0 Å². The molecular weight excluding hydrogens is 304 g/mol. The maximum absolute atomic E-state index is 10.4. The summed E-state index contributed by atoms with van der Waals surface area (Å²) in [5.74, 6) is 0.397. The van der Waals surface area contributed by atoms with Crippen LogP contribution in [-0.4, -0.2) is 30.9 Å². The number of unbranched alkanes of at least 4 members (excludes halogenated alkanes) is 1. The highest BCUT2D eigenvalue weighted by atomic mass is 16.5. The predicted octanol–water partition coefficient (Wildman–Crippen LogP) is 4.06. The maximum Gasteiger partial charge on any atom is 0.303 e. The van der Waals surface area contributed by atoms with E-state index in [2.05, 4.69) is 24.3 Å². The molecule has 1 aromatic carbocycles. The molecule has 1 aromatic rings. The van der Waals surface area contributed by atoms with E-state index in [-0.39, 0.29) is 6.42 Å². The number of carbonyl (C=O) groups is 1. The van der Waals surface area contributed by atoms with Gasteiger partial charge in [-0.3, -0.25) is 4.79 Å². The molecule has 2 rings (SSSR count). The molecule has 1 heterocycles. The zero-order chi connectivity index (χ0) is 17.0. The minimum absolute atomic E-state index is 0.248.